The average Bonchev–Trinajstić information content (AvgIpc) is 3.33. The third-order valence-corrected chi connectivity index (χ3v) is 4.73. The zero-order valence-electron chi connectivity index (χ0n) is 15.2. The van der Waals surface area contributed by atoms with E-state index >= 15 is 0 Å². The van der Waals surface area contributed by atoms with Crippen molar-refractivity contribution in [3.05, 3.63) is 95.5 Å². The van der Waals surface area contributed by atoms with E-state index in [4.69, 9.17) is 4.42 Å². The summed E-state index contributed by atoms with van der Waals surface area (Å²) in [5, 5.41) is 44.1. The van der Waals surface area contributed by atoms with Crippen LogP contribution in [0.25, 0.3) is 22.8 Å². The first-order valence-electron chi connectivity index (χ1n) is 8.48. The number of nitrogens with zero attached hydrogens (tertiary/aromatic N) is 3. The number of fused-ring (bicyclic) bond motifs is 3. The van der Waals surface area contributed by atoms with Crippen LogP contribution in [0.2, 0.25) is 0 Å². The van der Waals surface area contributed by atoms with Crippen LogP contribution in [0.4, 0.5) is 17.1 Å². The van der Waals surface area contributed by atoms with Crippen LogP contribution < -0.4 is 0 Å². The smallest absolute Gasteiger partial charge is 0.336 e. The second-order valence-electron chi connectivity index (χ2n) is 6.45. The zero-order chi connectivity index (χ0) is 22.4. The minimum absolute atomic E-state index is 0.00435. The summed E-state index contributed by atoms with van der Waals surface area (Å²) in [5.41, 5.74) is -2.53. The third-order valence-electron chi connectivity index (χ3n) is 4.73. The van der Waals surface area contributed by atoms with Gasteiger partial charge in [-0.2, -0.15) is 0 Å². The second kappa shape index (κ2) is 6.88. The van der Waals surface area contributed by atoms with Gasteiger partial charge in [0.1, 0.15) is 5.76 Å². The highest BCUT2D eigenvalue weighted by molar-refractivity contribution is 6.14. The summed E-state index contributed by atoms with van der Waals surface area (Å²) < 4.78 is 5.24. The van der Waals surface area contributed by atoms with Crippen LogP contribution in [0.15, 0.2) is 47.1 Å². The molecule has 0 spiro atoms. The average molecular weight is 423 g/mol. The molecule has 4 rings (SSSR count). The van der Waals surface area contributed by atoms with E-state index in [-0.39, 0.29) is 33.6 Å². The number of furan rings is 1. The molecule has 12 heteroatoms. The number of carboxylic acid groups (broad SMARTS) is 1. The molecule has 0 saturated heterocycles. The van der Waals surface area contributed by atoms with Crippen molar-refractivity contribution in [1.82, 2.24) is 0 Å². The van der Waals surface area contributed by atoms with Crippen molar-refractivity contribution in [2.75, 3.05) is 0 Å². The van der Waals surface area contributed by atoms with Gasteiger partial charge >= 0.3 is 5.97 Å². The fourth-order valence-electron chi connectivity index (χ4n) is 3.54. The number of nitro groups is 3. The van der Waals surface area contributed by atoms with Gasteiger partial charge in [-0.1, -0.05) is 0 Å². The number of aromatic carboxylic acids is 1. The molecule has 0 bridgehead atoms. The molecule has 0 radical (unpaired) electrons. The van der Waals surface area contributed by atoms with Gasteiger partial charge in [-0.15, -0.1) is 0 Å². The van der Waals surface area contributed by atoms with Gasteiger partial charge in [0.2, 0.25) is 0 Å². The molecule has 0 fully saturated rings. The lowest BCUT2D eigenvalue weighted by Crippen LogP contribution is -2.03. The van der Waals surface area contributed by atoms with Crippen molar-refractivity contribution in [3.8, 4) is 11.1 Å². The second-order valence-corrected chi connectivity index (χ2v) is 6.45. The Hall–Kier alpha value is -4.87. The largest absolute Gasteiger partial charge is 0.478 e. The van der Waals surface area contributed by atoms with Gasteiger partial charge in [0.25, 0.3) is 17.1 Å². The van der Waals surface area contributed by atoms with E-state index in [0.29, 0.717) is 0 Å². The van der Waals surface area contributed by atoms with E-state index < -0.39 is 43.4 Å². The van der Waals surface area contributed by atoms with Crippen molar-refractivity contribution >= 4 is 34.7 Å². The molecule has 31 heavy (non-hydrogen) atoms. The molecule has 1 heterocycles. The molecular formula is C19H9N3O9. The number of rotatable bonds is 5. The maximum atomic E-state index is 11.9. The van der Waals surface area contributed by atoms with Crippen molar-refractivity contribution in [1.29, 1.82) is 0 Å². The van der Waals surface area contributed by atoms with Crippen molar-refractivity contribution < 1.29 is 29.1 Å². The lowest BCUT2D eigenvalue weighted by Gasteiger charge is -2.06. The van der Waals surface area contributed by atoms with Crippen LogP contribution in [-0.2, 0) is 0 Å². The molecule has 12 nitrogen and oxygen atoms in total. The fourth-order valence-corrected chi connectivity index (χ4v) is 3.54. The van der Waals surface area contributed by atoms with Crippen LogP contribution in [0, 0.1) is 30.3 Å². The first-order valence-corrected chi connectivity index (χ1v) is 8.48. The highest BCUT2D eigenvalue weighted by Crippen LogP contribution is 2.53. The molecule has 2 aromatic carbocycles. The molecule has 1 N–H and O–H groups in total. The summed E-state index contributed by atoms with van der Waals surface area (Å²) in [6.07, 6.45) is 2.72. The predicted octanol–water partition coefficient (Wildman–Crippen LogP) is 4.27. The first kappa shape index (κ1) is 19.4. The molecule has 3 aromatic rings. The Kier molecular flexibility index (Phi) is 4.31. The molecular weight excluding hydrogens is 414 g/mol. The Morgan fingerprint density at radius 2 is 1.52 bits per heavy atom. The fraction of sp³-hybridized carbons (Fsp3) is 0. The summed E-state index contributed by atoms with van der Waals surface area (Å²) in [6, 6.07) is 6.75. The molecule has 1 aliphatic carbocycles. The number of nitro benzene ring substituents is 3. The van der Waals surface area contributed by atoms with Gasteiger partial charge in [0, 0.05) is 29.3 Å². The van der Waals surface area contributed by atoms with Gasteiger partial charge in [-0.25, -0.2) is 4.79 Å². The molecule has 0 aliphatic heterocycles. The number of non-ortho nitro benzene ring substituents is 2. The maximum Gasteiger partial charge on any atom is 0.336 e. The third kappa shape index (κ3) is 3.07. The van der Waals surface area contributed by atoms with E-state index in [2.05, 4.69) is 0 Å². The molecule has 0 amide bonds. The van der Waals surface area contributed by atoms with Gasteiger partial charge in [0.15, 0.2) is 0 Å². The van der Waals surface area contributed by atoms with E-state index in [1.165, 1.54) is 18.4 Å². The molecule has 0 atom stereocenters. The molecule has 0 saturated carbocycles. The number of hydrogen-bond donors (Lipinski definition) is 1. The van der Waals surface area contributed by atoms with Crippen molar-refractivity contribution in [3.63, 3.8) is 0 Å². The SMILES string of the molecule is O=C(O)c1cc([N+](=O)[O-])cc2c1-c1c(cc([N+](=O)[O-])cc1[N+](=O)[O-])/C2=C/c1ccco1. The van der Waals surface area contributed by atoms with E-state index in [1.54, 1.807) is 6.07 Å². The van der Waals surface area contributed by atoms with Crippen LogP contribution in [-0.4, -0.2) is 25.8 Å². The zero-order valence-corrected chi connectivity index (χ0v) is 15.2. The summed E-state index contributed by atoms with van der Waals surface area (Å²) >= 11 is 0. The van der Waals surface area contributed by atoms with Gasteiger partial charge in [-0.3, -0.25) is 30.3 Å². The van der Waals surface area contributed by atoms with Crippen molar-refractivity contribution in [2.45, 2.75) is 0 Å². The van der Waals surface area contributed by atoms with Crippen LogP contribution in [0.3, 0.4) is 0 Å². The topological polar surface area (TPSA) is 180 Å². The number of benzene rings is 2. The normalized spacial score (nSPS) is 13.0. The monoisotopic (exact) mass is 423 g/mol. The van der Waals surface area contributed by atoms with E-state index in [0.717, 1.165) is 24.3 Å². The summed E-state index contributed by atoms with van der Waals surface area (Å²) in [6.45, 7) is 0. The van der Waals surface area contributed by atoms with Crippen LogP contribution in [0.1, 0.15) is 27.2 Å². The van der Waals surface area contributed by atoms with Gasteiger partial charge in [-0.05, 0) is 29.3 Å². The minimum atomic E-state index is -1.54. The predicted molar refractivity (Wildman–Crippen MR) is 104 cm³/mol. The Morgan fingerprint density at radius 3 is 2.03 bits per heavy atom. The lowest BCUT2D eigenvalue weighted by molar-refractivity contribution is -0.393. The Morgan fingerprint density at radius 1 is 0.903 bits per heavy atom. The highest BCUT2D eigenvalue weighted by atomic mass is 16.6. The van der Waals surface area contributed by atoms with Gasteiger partial charge < -0.3 is 9.52 Å². The standard InChI is InChI=1S/C19H9N3O9/c23-19(24)15-6-9(20(25)26)4-13-12(8-11-2-1-3-31-11)14-5-10(21(27)28)7-16(22(29)30)18(14)17(13)15/h1-8H,(H,23,24)/b12-8+. The van der Waals surface area contributed by atoms with E-state index in [9.17, 15) is 40.2 Å². The number of carbonyl (C=O) groups is 1. The van der Waals surface area contributed by atoms with Gasteiger partial charge in [0.05, 0.1) is 38.2 Å². The summed E-state index contributed by atoms with van der Waals surface area (Å²) in [4.78, 5) is 43.8. The lowest BCUT2D eigenvalue weighted by atomic mass is 9.97. The molecule has 0 unspecified atom stereocenters. The highest BCUT2D eigenvalue weighted by Gasteiger charge is 2.38. The minimum Gasteiger partial charge on any atom is -0.478 e. The Labute approximate surface area is 171 Å². The molecule has 1 aromatic heterocycles. The summed E-state index contributed by atoms with van der Waals surface area (Å²) in [7, 11) is 0. The maximum absolute atomic E-state index is 11.9. The van der Waals surface area contributed by atoms with Crippen LogP contribution in [0.5, 0.6) is 0 Å². The Bertz CT molecular complexity index is 1260. The van der Waals surface area contributed by atoms with E-state index in [1.807, 2.05) is 0 Å². The quantitative estimate of drug-likeness (QED) is 0.362. The molecule has 154 valence electrons. The van der Waals surface area contributed by atoms with Crippen molar-refractivity contribution in [2.24, 2.45) is 0 Å². The first-order chi connectivity index (χ1) is 14.7. The number of carboxylic acids is 1. The van der Waals surface area contributed by atoms with Crippen LogP contribution >= 0.6 is 0 Å². The summed E-state index contributed by atoms with van der Waals surface area (Å²) in [5.74, 6) is -1.29. The number of hydrogen-bond acceptors (Lipinski definition) is 8. The molecule has 1 aliphatic rings. The Balaban J connectivity index is 2.20.